The molecule has 18 heavy (non-hydrogen) atoms. The van der Waals surface area contributed by atoms with Gasteiger partial charge in [-0.1, -0.05) is 0 Å². The zero-order chi connectivity index (χ0) is 14.1. The van der Waals surface area contributed by atoms with Gasteiger partial charge in [0.05, 0.1) is 12.5 Å². The minimum Gasteiger partial charge on any atom is -0.333 e. The van der Waals surface area contributed by atoms with E-state index in [1.54, 1.807) is 0 Å². The Morgan fingerprint density at radius 3 is 2.22 bits per heavy atom. The van der Waals surface area contributed by atoms with Crippen molar-refractivity contribution >= 4 is 11.7 Å². The van der Waals surface area contributed by atoms with Crippen LogP contribution < -0.4 is 0 Å². The maximum absolute atomic E-state index is 12.5. The van der Waals surface area contributed by atoms with E-state index in [2.05, 4.69) is 9.98 Å². The average molecular weight is 272 g/mol. The topological polar surface area (TPSA) is 51.8 Å². The Kier molecular flexibility index (Phi) is 3.54. The van der Waals surface area contributed by atoms with Gasteiger partial charge in [-0.15, -0.1) is 0 Å². The summed E-state index contributed by atoms with van der Waals surface area (Å²) in [7, 11) is 0.880. The van der Waals surface area contributed by atoms with Crippen LogP contribution in [0.3, 0.4) is 0 Å². The molecular weight excluding hydrogens is 266 g/mol. The number of hydrogen-bond donors (Lipinski definition) is 0. The molecule has 4 nitrogen and oxygen atoms in total. The first-order valence-corrected chi connectivity index (χ1v) is 4.46. The molecule has 0 spiro atoms. The van der Waals surface area contributed by atoms with Crippen LogP contribution in [-0.4, -0.2) is 42.1 Å². The number of alkyl halides is 6. The molecule has 0 fully saturated rings. The van der Waals surface area contributed by atoms with E-state index in [4.69, 9.17) is 5.26 Å². The highest BCUT2D eigenvalue weighted by Crippen LogP contribution is 2.31. The third kappa shape index (κ3) is 2.91. The van der Waals surface area contributed by atoms with Gasteiger partial charge in [0.25, 0.3) is 0 Å². The quantitative estimate of drug-likeness (QED) is 0.686. The summed E-state index contributed by atoms with van der Waals surface area (Å²) in [6.45, 7) is 0. The summed E-state index contributed by atoms with van der Waals surface area (Å²) in [6.07, 6.45) is -13.4. The van der Waals surface area contributed by atoms with Crippen molar-refractivity contribution in [2.45, 2.75) is 24.9 Å². The predicted molar refractivity (Wildman–Crippen MR) is 48.8 cm³/mol. The second-order valence-electron chi connectivity index (χ2n) is 3.34. The summed E-state index contributed by atoms with van der Waals surface area (Å²) < 4.78 is 74.5. The molecule has 100 valence electrons. The van der Waals surface area contributed by atoms with Crippen molar-refractivity contribution in [1.29, 1.82) is 5.26 Å². The normalized spacial score (nSPS) is 21.2. The minimum absolute atomic E-state index is 0.401. The summed E-state index contributed by atoms with van der Waals surface area (Å²) in [6, 6.07) is 1.45. The summed E-state index contributed by atoms with van der Waals surface area (Å²) >= 11 is 0. The first-order chi connectivity index (χ1) is 8.07. The Morgan fingerprint density at radius 1 is 1.28 bits per heavy atom. The van der Waals surface area contributed by atoms with Crippen molar-refractivity contribution in [1.82, 2.24) is 4.90 Å². The molecule has 0 saturated carbocycles. The molecule has 0 aromatic rings. The summed E-state index contributed by atoms with van der Waals surface area (Å²) in [4.78, 5) is 5.87. The molecule has 1 aliphatic rings. The SMILES string of the molecule is CN1C(CC#N)=NC(C(F)(F)F)=NC1C(F)(F)F. The van der Waals surface area contributed by atoms with Crippen molar-refractivity contribution in [3.05, 3.63) is 0 Å². The third-order valence-corrected chi connectivity index (χ3v) is 2.04. The molecule has 1 aliphatic heterocycles. The molecule has 0 amide bonds. The lowest BCUT2D eigenvalue weighted by atomic mass is 10.3. The smallest absolute Gasteiger partial charge is 0.333 e. The Morgan fingerprint density at radius 2 is 1.83 bits per heavy atom. The van der Waals surface area contributed by atoms with E-state index in [0.29, 0.717) is 4.90 Å². The van der Waals surface area contributed by atoms with Crippen LogP contribution in [0.25, 0.3) is 0 Å². The van der Waals surface area contributed by atoms with E-state index < -0.39 is 36.6 Å². The molecule has 0 aromatic heterocycles. The highest BCUT2D eigenvalue weighted by Gasteiger charge is 2.49. The van der Waals surface area contributed by atoms with Crippen molar-refractivity contribution in [2.75, 3.05) is 7.05 Å². The van der Waals surface area contributed by atoms with Crippen LogP contribution in [0.4, 0.5) is 26.3 Å². The van der Waals surface area contributed by atoms with Gasteiger partial charge < -0.3 is 4.90 Å². The lowest BCUT2D eigenvalue weighted by Gasteiger charge is -2.32. The van der Waals surface area contributed by atoms with E-state index in [0.717, 1.165) is 7.05 Å². The first-order valence-electron chi connectivity index (χ1n) is 4.46. The fourth-order valence-corrected chi connectivity index (χ4v) is 1.24. The standard InChI is InChI=1S/C8H6F6N4/c1-18-4(2-3-15)16-5(7(9,10)11)17-6(18)8(12,13)14/h6H,2H2,1H3. The van der Waals surface area contributed by atoms with Crippen LogP contribution in [-0.2, 0) is 0 Å². The fraction of sp³-hybridized carbons (Fsp3) is 0.625. The number of amidine groups is 2. The molecule has 1 rings (SSSR count). The number of aliphatic imine (C=N–C) groups is 2. The maximum atomic E-state index is 12.5. The highest BCUT2D eigenvalue weighted by molar-refractivity contribution is 6.02. The van der Waals surface area contributed by atoms with Crippen LogP contribution in [0, 0.1) is 11.3 Å². The van der Waals surface area contributed by atoms with Gasteiger partial charge in [0, 0.05) is 7.05 Å². The Bertz CT molecular complexity index is 426. The van der Waals surface area contributed by atoms with Crippen LogP contribution in [0.2, 0.25) is 0 Å². The zero-order valence-electron chi connectivity index (χ0n) is 8.84. The second kappa shape index (κ2) is 4.47. The van der Waals surface area contributed by atoms with Gasteiger partial charge in [-0.3, -0.25) is 0 Å². The monoisotopic (exact) mass is 272 g/mol. The lowest BCUT2D eigenvalue weighted by Crippen LogP contribution is -2.49. The highest BCUT2D eigenvalue weighted by atomic mass is 19.4. The van der Waals surface area contributed by atoms with Gasteiger partial charge in [0.1, 0.15) is 5.84 Å². The molecule has 1 unspecified atom stereocenters. The van der Waals surface area contributed by atoms with Crippen LogP contribution >= 0.6 is 0 Å². The van der Waals surface area contributed by atoms with Crippen molar-refractivity contribution in [3.63, 3.8) is 0 Å². The number of nitrogens with zero attached hydrogens (tertiary/aromatic N) is 4. The lowest BCUT2D eigenvalue weighted by molar-refractivity contribution is -0.170. The van der Waals surface area contributed by atoms with Gasteiger partial charge in [0.2, 0.25) is 12.0 Å². The van der Waals surface area contributed by atoms with Gasteiger partial charge in [-0.2, -0.15) is 31.6 Å². The zero-order valence-corrected chi connectivity index (χ0v) is 8.84. The van der Waals surface area contributed by atoms with Crippen LogP contribution in [0.15, 0.2) is 9.98 Å². The summed E-state index contributed by atoms with van der Waals surface area (Å²) in [5, 5.41) is 8.35. The molecule has 0 saturated heterocycles. The molecule has 0 aromatic carbocycles. The Balaban J connectivity index is 3.23. The first kappa shape index (κ1) is 14.3. The predicted octanol–water partition coefficient (Wildman–Crippen LogP) is 2.09. The van der Waals surface area contributed by atoms with E-state index >= 15 is 0 Å². The van der Waals surface area contributed by atoms with Crippen molar-refractivity contribution in [2.24, 2.45) is 9.98 Å². The molecule has 0 radical (unpaired) electrons. The van der Waals surface area contributed by atoms with Crippen LogP contribution in [0.1, 0.15) is 6.42 Å². The van der Waals surface area contributed by atoms with E-state index in [1.807, 2.05) is 0 Å². The average Bonchev–Trinajstić information content (AvgIpc) is 2.17. The number of hydrogen-bond acceptors (Lipinski definition) is 4. The van der Waals surface area contributed by atoms with Crippen molar-refractivity contribution in [3.8, 4) is 6.07 Å². The Hall–Kier alpha value is -1.79. The molecule has 0 bridgehead atoms. The number of halogens is 6. The fourth-order valence-electron chi connectivity index (χ4n) is 1.24. The molecule has 1 atom stereocenters. The van der Waals surface area contributed by atoms with Gasteiger partial charge >= 0.3 is 12.4 Å². The van der Waals surface area contributed by atoms with Gasteiger partial charge in [-0.25, -0.2) is 9.98 Å². The largest absolute Gasteiger partial charge is 0.451 e. The Labute approximate surface area is 97.2 Å². The molecule has 0 aliphatic carbocycles. The second-order valence-corrected chi connectivity index (χ2v) is 3.34. The van der Waals surface area contributed by atoms with Gasteiger partial charge in [-0.05, 0) is 0 Å². The van der Waals surface area contributed by atoms with Crippen LogP contribution in [0.5, 0.6) is 0 Å². The summed E-state index contributed by atoms with van der Waals surface area (Å²) in [5.74, 6) is -2.50. The van der Waals surface area contributed by atoms with E-state index in [9.17, 15) is 26.3 Å². The molecular formula is C8H6F6N4. The van der Waals surface area contributed by atoms with E-state index in [1.165, 1.54) is 6.07 Å². The molecule has 10 heteroatoms. The molecule has 1 heterocycles. The van der Waals surface area contributed by atoms with Gasteiger partial charge in [0.15, 0.2) is 0 Å². The van der Waals surface area contributed by atoms with E-state index in [-0.39, 0.29) is 0 Å². The molecule has 0 N–H and O–H groups in total. The number of nitriles is 1. The minimum atomic E-state index is -5.09. The maximum Gasteiger partial charge on any atom is 0.451 e. The third-order valence-electron chi connectivity index (χ3n) is 2.04. The number of rotatable bonds is 1. The summed E-state index contributed by atoms with van der Waals surface area (Å²) in [5.41, 5.74) is 0. The van der Waals surface area contributed by atoms with Crippen molar-refractivity contribution < 1.29 is 26.3 Å².